The van der Waals surface area contributed by atoms with E-state index in [1.807, 2.05) is 36.4 Å². The first-order chi connectivity index (χ1) is 30.8. The lowest BCUT2D eigenvalue weighted by atomic mass is 9.95. The number of benzene rings is 8. The number of rotatable bonds is 7. The molecule has 292 valence electrons. The Balaban J connectivity index is 1.26. The Labute approximate surface area is 359 Å². The van der Waals surface area contributed by atoms with Gasteiger partial charge in [-0.1, -0.05) is 176 Å². The number of aromatic nitrogens is 5. The Morgan fingerprint density at radius 2 is 0.823 bits per heavy atom. The SMILES string of the molecule is C1=CC(c2cccc3c2c2ccccc2n3-c2cc(-c3nc(-c4ccccc4)nc(-c4ccccc4)n3)cc(-n3c4ccccc4c4ccccc43)c2-c2ccccc2)=CCC1. The van der Waals surface area contributed by atoms with Gasteiger partial charge in [0.25, 0.3) is 0 Å². The van der Waals surface area contributed by atoms with Gasteiger partial charge < -0.3 is 9.13 Å². The maximum absolute atomic E-state index is 5.32. The zero-order valence-corrected chi connectivity index (χ0v) is 33.9. The van der Waals surface area contributed by atoms with Crippen LogP contribution in [0.1, 0.15) is 18.4 Å². The molecule has 0 unspecified atom stereocenters. The van der Waals surface area contributed by atoms with Crippen LogP contribution in [0, 0.1) is 0 Å². The molecule has 1 aliphatic rings. The lowest BCUT2D eigenvalue weighted by Crippen LogP contribution is -2.06. The average Bonchev–Trinajstić information content (AvgIpc) is 3.88. The number of fused-ring (bicyclic) bond motifs is 6. The summed E-state index contributed by atoms with van der Waals surface area (Å²) >= 11 is 0. The molecular weight excluding hydrogens is 755 g/mol. The molecule has 5 nitrogen and oxygen atoms in total. The molecule has 8 aromatic carbocycles. The highest BCUT2D eigenvalue weighted by molar-refractivity contribution is 6.15. The van der Waals surface area contributed by atoms with Crippen molar-refractivity contribution in [1.29, 1.82) is 0 Å². The molecule has 0 fully saturated rings. The standard InChI is InChI=1S/C57H39N5/c1-5-20-38(21-6-1)43-31-19-35-50-54(43)46-30-15-18-34-49(46)62(50)52-37-42(57-59-55(40-24-9-3-10-25-40)58-56(60-57)41-26-11-4-12-27-41)36-51(53(52)39-22-7-2-8-23-39)61-47-32-16-13-28-44(47)45-29-14-17-33-48(45)61/h2-5,7-37H,1,6H2. The molecule has 0 aliphatic heterocycles. The molecule has 11 aromatic rings. The van der Waals surface area contributed by atoms with E-state index >= 15 is 0 Å². The van der Waals surface area contributed by atoms with E-state index in [1.54, 1.807) is 0 Å². The van der Waals surface area contributed by atoms with Crippen LogP contribution >= 0.6 is 0 Å². The molecule has 12 rings (SSSR count). The Hall–Kier alpha value is -8.15. The van der Waals surface area contributed by atoms with Crippen LogP contribution in [-0.2, 0) is 0 Å². The van der Waals surface area contributed by atoms with Crippen molar-refractivity contribution in [3.05, 3.63) is 218 Å². The van der Waals surface area contributed by atoms with Crippen molar-refractivity contribution in [1.82, 2.24) is 24.1 Å². The number of para-hydroxylation sites is 3. The number of allylic oxidation sites excluding steroid dienone is 4. The van der Waals surface area contributed by atoms with E-state index in [1.165, 1.54) is 32.7 Å². The fraction of sp³-hybridized carbons (Fsp3) is 0.0351. The zero-order chi connectivity index (χ0) is 41.0. The summed E-state index contributed by atoms with van der Waals surface area (Å²) in [6.45, 7) is 0. The number of nitrogens with zero attached hydrogens (tertiary/aromatic N) is 5. The predicted octanol–water partition coefficient (Wildman–Crippen LogP) is 14.5. The number of hydrogen-bond donors (Lipinski definition) is 0. The quantitative estimate of drug-likeness (QED) is 0.161. The van der Waals surface area contributed by atoms with Gasteiger partial charge in [-0.25, -0.2) is 15.0 Å². The third-order valence-electron chi connectivity index (χ3n) is 12.2. The Kier molecular flexibility index (Phi) is 8.56. The summed E-state index contributed by atoms with van der Waals surface area (Å²) in [5.41, 5.74) is 14.0. The summed E-state index contributed by atoms with van der Waals surface area (Å²) in [6.07, 6.45) is 9.06. The molecule has 0 N–H and O–H groups in total. The summed E-state index contributed by atoms with van der Waals surface area (Å²) in [7, 11) is 0. The second-order valence-corrected chi connectivity index (χ2v) is 15.9. The Morgan fingerprint density at radius 3 is 1.37 bits per heavy atom. The van der Waals surface area contributed by atoms with Gasteiger partial charge in [-0.2, -0.15) is 0 Å². The number of hydrogen-bond acceptors (Lipinski definition) is 3. The van der Waals surface area contributed by atoms with Gasteiger partial charge >= 0.3 is 0 Å². The van der Waals surface area contributed by atoms with Crippen molar-refractivity contribution >= 4 is 49.2 Å². The predicted molar refractivity (Wildman–Crippen MR) is 257 cm³/mol. The summed E-state index contributed by atoms with van der Waals surface area (Å²) in [5, 5.41) is 4.84. The van der Waals surface area contributed by atoms with Crippen molar-refractivity contribution in [3.63, 3.8) is 0 Å². The lowest BCUT2D eigenvalue weighted by Gasteiger charge is -2.22. The summed E-state index contributed by atoms with van der Waals surface area (Å²) in [6, 6.07) is 68.9. The highest BCUT2D eigenvalue weighted by Gasteiger charge is 2.25. The fourth-order valence-corrected chi connectivity index (χ4v) is 9.45. The van der Waals surface area contributed by atoms with Crippen LogP contribution in [0.2, 0.25) is 0 Å². The van der Waals surface area contributed by atoms with Crippen LogP contribution in [0.25, 0.3) is 106 Å². The largest absolute Gasteiger partial charge is 0.309 e. The third kappa shape index (κ3) is 5.89. The topological polar surface area (TPSA) is 48.5 Å². The molecule has 62 heavy (non-hydrogen) atoms. The molecule has 3 aromatic heterocycles. The van der Waals surface area contributed by atoms with Crippen molar-refractivity contribution in [2.45, 2.75) is 12.8 Å². The van der Waals surface area contributed by atoms with E-state index in [0.29, 0.717) is 17.5 Å². The fourth-order valence-electron chi connectivity index (χ4n) is 9.45. The molecule has 0 saturated carbocycles. The van der Waals surface area contributed by atoms with E-state index in [2.05, 4.69) is 185 Å². The van der Waals surface area contributed by atoms with Crippen molar-refractivity contribution in [2.24, 2.45) is 0 Å². The van der Waals surface area contributed by atoms with E-state index in [9.17, 15) is 0 Å². The first kappa shape index (κ1) is 35.8. The van der Waals surface area contributed by atoms with E-state index < -0.39 is 0 Å². The molecule has 0 bridgehead atoms. The van der Waals surface area contributed by atoms with Crippen molar-refractivity contribution in [2.75, 3.05) is 0 Å². The molecule has 0 atom stereocenters. The monoisotopic (exact) mass is 793 g/mol. The molecule has 3 heterocycles. The molecule has 1 aliphatic carbocycles. The van der Waals surface area contributed by atoms with Gasteiger partial charge in [-0.15, -0.1) is 0 Å². The zero-order valence-electron chi connectivity index (χ0n) is 33.9. The van der Waals surface area contributed by atoms with Crippen molar-refractivity contribution < 1.29 is 0 Å². The first-order valence-corrected chi connectivity index (χ1v) is 21.3. The summed E-state index contributed by atoms with van der Waals surface area (Å²) < 4.78 is 4.91. The van der Waals surface area contributed by atoms with Gasteiger partial charge in [0.1, 0.15) is 0 Å². The van der Waals surface area contributed by atoms with Gasteiger partial charge in [-0.3, -0.25) is 0 Å². The van der Waals surface area contributed by atoms with Crippen LogP contribution in [0.4, 0.5) is 0 Å². The molecule has 0 amide bonds. The highest BCUT2D eigenvalue weighted by atomic mass is 15.1. The minimum Gasteiger partial charge on any atom is -0.309 e. The highest BCUT2D eigenvalue weighted by Crippen LogP contribution is 2.45. The second-order valence-electron chi connectivity index (χ2n) is 15.9. The smallest absolute Gasteiger partial charge is 0.164 e. The van der Waals surface area contributed by atoms with Gasteiger partial charge in [-0.05, 0) is 65.9 Å². The van der Waals surface area contributed by atoms with Gasteiger partial charge in [0.05, 0.1) is 33.4 Å². The normalized spacial score (nSPS) is 12.7. The molecule has 0 radical (unpaired) electrons. The summed E-state index contributed by atoms with van der Waals surface area (Å²) in [5.74, 6) is 1.84. The van der Waals surface area contributed by atoms with Crippen LogP contribution in [0.5, 0.6) is 0 Å². The lowest BCUT2D eigenvalue weighted by molar-refractivity contribution is 1.04. The van der Waals surface area contributed by atoms with Crippen LogP contribution in [0.15, 0.2) is 212 Å². The van der Waals surface area contributed by atoms with Crippen molar-refractivity contribution in [3.8, 4) is 56.7 Å². The van der Waals surface area contributed by atoms with E-state index in [4.69, 9.17) is 15.0 Å². The first-order valence-electron chi connectivity index (χ1n) is 21.3. The van der Waals surface area contributed by atoms with Crippen LogP contribution in [-0.4, -0.2) is 24.1 Å². The van der Waals surface area contributed by atoms with Crippen LogP contribution in [0.3, 0.4) is 0 Å². The van der Waals surface area contributed by atoms with Gasteiger partial charge in [0, 0.05) is 43.8 Å². The minimum absolute atomic E-state index is 0.597. The maximum atomic E-state index is 5.32. The molecule has 0 saturated heterocycles. The minimum atomic E-state index is 0.597. The maximum Gasteiger partial charge on any atom is 0.164 e. The second kappa shape index (κ2) is 14.8. The van der Waals surface area contributed by atoms with E-state index in [-0.39, 0.29) is 0 Å². The van der Waals surface area contributed by atoms with Gasteiger partial charge in [0.15, 0.2) is 17.5 Å². The molecule has 0 spiro atoms. The van der Waals surface area contributed by atoms with Crippen LogP contribution < -0.4 is 0 Å². The Morgan fingerprint density at radius 1 is 0.371 bits per heavy atom. The van der Waals surface area contributed by atoms with E-state index in [0.717, 1.165) is 74.1 Å². The molecule has 5 heteroatoms. The Bertz CT molecular complexity index is 3450. The van der Waals surface area contributed by atoms with Gasteiger partial charge in [0.2, 0.25) is 0 Å². The average molecular weight is 794 g/mol. The third-order valence-corrected chi connectivity index (χ3v) is 12.2. The summed E-state index contributed by atoms with van der Waals surface area (Å²) in [4.78, 5) is 15.7. The molecular formula is C57H39N5.